The summed E-state index contributed by atoms with van der Waals surface area (Å²) in [7, 11) is 0. The van der Waals surface area contributed by atoms with E-state index in [1.807, 2.05) is 0 Å². The zero-order valence-corrected chi connectivity index (χ0v) is 10.9. The normalized spacial score (nSPS) is 10.9. The number of carbonyl (C=O) groups is 2. The number of rotatable bonds is 4. The zero-order chi connectivity index (χ0) is 13.5. The van der Waals surface area contributed by atoms with Crippen molar-refractivity contribution < 1.29 is 9.59 Å². The molecule has 0 unspecified atom stereocenters. The molecule has 0 radical (unpaired) electrons. The Balaban J connectivity index is 2.58. The number of hydrogen-bond donors (Lipinski definition) is 2. The van der Waals surface area contributed by atoms with Crippen molar-refractivity contribution in [3.8, 4) is 0 Å². The van der Waals surface area contributed by atoms with Crippen molar-refractivity contribution in [1.29, 1.82) is 0 Å². The van der Waals surface area contributed by atoms with E-state index in [4.69, 9.17) is 11.6 Å². The molecule has 6 heteroatoms. The maximum atomic E-state index is 11.7. The highest BCUT2D eigenvalue weighted by Gasteiger charge is 2.08. The molecule has 1 rings (SSSR count). The third kappa shape index (κ3) is 4.55. The molecule has 1 aromatic carbocycles. The predicted octanol–water partition coefficient (Wildman–Crippen LogP) is 1.58. The number of benzene rings is 1. The van der Waals surface area contributed by atoms with Crippen molar-refractivity contribution in [2.45, 2.75) is 13.8 Å². The van der Waals surface area contributed by atoms with E-state index in [9.17, 15) is 9.59 Å². The Labute approximate surface area is 110 Å². The summed E-state index contributed by atoms with van der Waals surface area (Å²) in [5.41, 5.74) is 3.32. The SMILES string of the molecule is CC(=O)NC/C(C)=N/NC(=O)c1ccccc1Cl. The van der Waals surface area contributed by atoms with Gasteiger partial charge in [0.25, 0.3) is 5.91 Å². The maximum Gasteiger partial charge on any atom is 0.272 e. The number of nitrogens with zero attached hydrogens (tertiary/aromatic N) is 1. The van der Waals surface area contributed by atoms with Gasteiger partial charge in [0, 0.05) is 6.92 Å². The number of nitrogens with one attached hydrogen (secondary N) is 2. The molecule has 18 heavy (non-hydrogen) atoms. The lowest BCUT2D eigenvalue weighted by molar-refractivity contribution is -0.118. The third-order valence-electron chi connectivity index (χ3n) is 2.06. The second kappa shape index (κ2) is 6.76. The molecule has 96 valence electrons. The van der Waals surface area contributed by atoms with Crippen molar-refractivity contribution in [3.05, 3.63) is 34.9 Å². The van der Waals surface area contributed by atoms with Crippen molar-refractivity contribution in [1.82, 2.24) is 10.7 Å². The standard InChI is InChI=1S/C12H14ClN3O2/c1-8(7-14-9(2)17)15-16-12(18)10-5-3-4-6-11(10)13/h3-6H,7H2,1-2H3,(H,14,17)(H,16,18)/b15-8+. The molecule has 0 fully saturated rings. The van der Waals surface area contributed by atoms with Gasteiger partial charge in [0.15, 0.2) is 0 Å². The molecule has 0 spiro atoms. The molecule has 1 aromatic rings. The Morgan fingerprint density at radius 3 is 2.56 bits per heavy atom. The lowest BCUT2D eigenvalue weighted by Crippen LogP contribution is -2.28. The van der Waals surface area contributed by atoms with Crippen molar-refractivity contribution in [3.63, 3.8) is 0 Å². The minimum atomic E-state index is -0.386. The second-order valence-electron chi connectivity index (χ2n) is 3.68. The molecule has 0 aliphatic rings. The quantitative estimate of drug-likeness (QED) is 0.642. The topological polar surface area (TPSA) is 70.6 Å². The zero-order valence-electron chi connectivity index (χ0n) is 10.2. The van der Waals surface area contributed by atoms with Crippen LogP contribution in [0.5, 0.6) is 0 Å². The van der Waals surface area contributed by atoms with Crippen LogP contribution in [0.3, 0.4) is 0 Å². The molecule has 0 heterocycles. The van der Waals surface area contributed by atoms with E-state index in [1.165, 1.54) is 6.92 Å². The Hall–Kier alpha value is -1.88. The first-order chi connectivity index (χ1) is 8.50. The fourth-order valence-corrected chi connectivity index (χ4v) is 1.37. The number of hydrazone groups is 1. The van der Waals surface area contributed by atoms with Gasteiger partial charge in [0.2, 0.25) is 5.91 Å². The maximum absolute atomic E-state index is 11.7. The van der Waals surface area contributed by atoms with Crippen LogP contribution < -0.4 is 10.7 Å². The molecule has 0 atom stereocenters. The fraction of sp³-hybridized carbons (Fsp3) is 0.250. The highest BCUT2D eigenvalue weighted by atomic mass is 35.5. The fourth-order valence-electron chi connectivity index (χ4n) is 1.14. The highest BCUT2D eigenvalue weighted by Crippen LogP contribution is 2.14. The van der Waals surface area contributed by atoms with E-state index in [-0.39, 0.29) is 18.4 Å². The minimum absolute atomic E-state index is 0.151. The van der Waals surface area contributed by atoms with E-state index in [0.717, 1.165) is 0 Å². The summed E-state index contributed by atoms with van der Waals surface area (Å²) < 4.78 is 0. The van der Waals surface area contributed by atoms with Gasteiger partial charge in [-0.15, -0.1) is 0 Å². The number of amides is 2. The first kappa shape index (κ1) is 14.2. The Bertz CT molecular complexity index is 486. The molecular formula is C12H14ClN3O2. The number of halogens is 1. The smallest absolute Gasteiger partial charge is 0.272 e. The molecule has 0 aromatic heterocycles. The van der Waals surface area contributed by atoms with Crippen LogP contribution in [0.15, 0.2) is 29.4 Å². The first-order valence-corrected chi connectivity index (χ1v) is 5.71. The van der Waals surface area contributed by atoms with Gasteiger partial charge in [-0.1, -0.05) is 23.7 Å². The van der Waals surface area contributed by atoms with Crippen LogP contribution in [0.2, 0.25) is 5.02 Å². The van der Waals surface area contributed by atoms with Gasteiger partial charge < -0.3 is 5.32 Å². The van der Waals surface area contributed by atoms with Crippen LogP contribution >= 0.6 is 11.6 Å². The van der Waals surface area contributed by atoms with Gasteiger partial charge in [0.1, 0.15) is 0 Å². The molecule has 2 N–H and O–H groups in total. The van der Waals surface area contributed by atoms with E-state index in [1.54, 1.807) is 31.2 Å². The van der Waals surface area contributed by atoms with Gasteiger partial charge in [-0.05, 0) is 19.1 Å². The lowest BCUT2D eigenvalue weighted by Gasteiger charge is -2.04. The van der Waals surface area contributed by atoms with Crippen molar-refractivity contribution in [2.24, 2.45) is 5.10 Å². The van der Waals surface area contributed by atoms with Crippen molar-refractivity contribution >= 4 is 29.1 Å². The van der Waals surface area contributed by atoms with E-state index in [0.29, 0.717) is 16.3 Å². The van der Waals surface area contributed by atoms with Gasteiger partial charge in [-0.2, -0.15) is 5.10 Å². The van der Waals surface area contributed by atoms with E-state index < -0.39 is 0 Å². The molecule has 5 nitrogen and oxygen atoms in total. The van der Waals surface area contributed by atoms with Gasteiger partial charge in [0.05, 0.1) is 22.8 Å². The Morgan fingerprint density at radius 1 is 1.28 bits per heavy atom. The summed E-state index contributed by atoms with van der Waals surface area (Å²) >= 11 is 5.87. The summed E-state index contributed by atoms with van der Waals surface area (Å²) in [5.74, 6) is -0.537. The highest BCUT2D eigenvalue weighted by molar-refractivity contribution is 6.33. The molecule has 0 aliphatic carbocycles. The van der Waals surface area contributed by atoms with Crippen LogP contribution in [0, 0.1) is 0 Å². The number of hydrogen-bond acceptors (Lipinski definition) is 3. The third-order valence-corrected chi connectivity index (χ3v) is 2.39. The molecule has 0 aliphatic heterocycles. The molecule has 2 amide bonds. The lowest BCUT2D eigenvalue weighted by atomic mass is 10.2. The Kier molecular flexibility index (Phi) is 5.32. The van der Waals surface area contributed by atoms with Crippen LogP contribution in [-0.2, 0) is 4.79 Å². The largest absolute Gasteiger partial charge is 0.351 e. The van der Waals surface area contributed by atoms with Crippen LogP contribution in [0.25, 0.3) is 0 Å². The average molecular weight is 268 g/mol. The van der Waals surface area contributed by atoms with Gasteiger partial charge >= 0.3 is 0 Å². The summed E-state index contributed by atoms with van der Waals surface area (Å²) in [6, 6.07) is 6.69. The van der Waals surface area contributed by atoms with E-state index in [2.05, 4.69) is 15.8 Å². The van der Waals surface area contributed by atoms with Crippen LogP contribution in [0.1, 0.15) is 24.2 Å². The van der Waals surface area contributed by atoms with Crippen LogP contribution in [-0.4, -0.2) is 24.1 Å². The molecule has 0 saturated carbocycles. The summed E-state index contributed by atoms with van der Waals surface area (Å²) in [5, 5.41) is 6.80. The summed E-state index contributed by atoms with van der Waals surface area (Å²) in [6.45, 7) is 3.40. The van der Waals surface area contributed by atoms with Gasteiger partial charge in [-0.3, -0.25) is 9.59 Å². The predicted molar refractivity (Wildman–Crippen MR) is 70.7 cm³/mol. The monoisotopic (exact) mass is 267 g/mol. The molecular weight excluding hydrogens is 254 g/mol. The first-order valence-electron chi connectivity index (χ1n) is 5.33. The number of carbonyl (C=O) groups excluding carboxylic acids is 2. The van der Waals surface area contributed by atoms with Crippen molar-refractivity contribution in [2.75, 3.05) is 6.54 Å². The van der Waals surface area contributed by atoms with Crippen LogP contribution in [0.4, 0.5) is 0 Å². The summed E-state index contributed by atoms with van der Waals surface area (Å²) in [4.78, 5) is 22.4. The van der Waals surface area contributed by atoms with Gasteiger partial charge in [-0.25, -0.2) is 5.43 Å². The molecule has 0 bridgehead atoms. The second-order valence-corrected chi connectivity index (χ2v) is 4.08. The Morgan fingerprint density at radius 2 is 1.94 bits per heavy atom. The van der Waals surface area contributed by atoms with E-state index >= 15 is 0 Å². The average Bonchev–Trinajstić information content (AvgIpc) is 2.34. The minimum Gasteiger partial charge on any atom is -0.351 e. The summed E-state index contributed by atoms with van der Waals surface area (Å²) in [6.07, 6.45) is 0. The molecule has 0 saturated heterocycles.